The van der Waals surface area contributed by atoms with Crippen molar-refractivity contribution < 1.29 is 17.9 Å². The first-order chi connectivity index (χ1) is 14.6. The molecule has 0 unspecified atom stereocenters. The van der Waals surface area contributed by atoms with E-state index in [1.807, 2.05) is 0 Å². The highest BCUT2D eigenvalue weighted by molar-refractivity contribution is 7.14. The first-order valence-electron chi connectivity index (χ1n) is 10.0. The number of halogens is 3. The van der Waals surface area contributed by atoms with E-state index in [-0.39, 0.29) is 23.1 Å². The Morgan fingerprint density at radius 3 is 2.47 bits per heavy atom. The molecular formula is C22H24F3N3OS. The summed E-state index contributed by atoms with van der Waals surface area (Å²) in [6.45, 7) is 2.41. The zero-order valence-corrected chi connectivity index (χ0v) is 17.6. The predicted octanol–water partition coefficient (Wildman–Crippen LogP) is 7.11. The van der Waals surface area contributed by atoms with Crippen molar-refractivity contribution in [1.29, 1.82) is 0 Å². The van der Waals surface area contributed by atoms with Gasteiger partial charge in [-0.1, -0.05) is 50.4 Å². The largest absolute Gasteiger partial charge is 0.488 e. The smallest absolute Gasteiger partial charge is 0.206 e. The number of hydrogen-bond acceptors (Lipinski definition) is 5. The van der Waals surface area contributed by atoms with Gasteiger partial charge in [-0.3, -0.25) is 4.98 Å². The summed E-state index contributed by atoms with van der Waals surface area (Å²) in [5.41, 5.74) is 0.786. The number of aromatic nitrogens is 2. The summed E-state index contributed by atoms with van der Waals surface area (Å²) < 4.78 is 48.2. The molecule has 4 nitrogen and oxygen atoms in total. The molecule has 1 N–H and O–H groups in total. The molecule has 0 radical (unpaired) electrons. The Balaban J connectivity index is 1.60. The fourth-order valence-corrected chi connectivity index (χ4v) is 3.72. The summed E-state index contributed by atoms with van der Waals surface area (Å²) >= 11 is 0.752. The Kier molecular flexibility index (Phi) is 8.07. The molecule has 2 heterocycles. The topological polar surface area (TPSA) is 47.0 Å². The standard InChI is InChI=1S/C22H24F3N3OS/c1-2-3-4-5-6-7-11-29-20-17(23)12-16(13-18(20)24)27-22-28-19(21(25)30-22)15-9-8-10-26-14-15/h8-10,12-14H,2-7,11H2,1H3,(H,27,28). The third-order valence-corrected chi connectivity index (χ3v) is 5.27. The average molecular weight is 436 g/mol. The van der Waals surface area contributed by atoms with Crippen molar-refractivity contribution in [2.24, 2.45) is 0 Å². The van der Waals surface area contributed by atoms with Gasteiger partial charge in [0.05, 0.1) is 6.61 Å². The summed E-state index contributed by atoms with van der Waals surface area (Å²) in [7, 11) is 0. The molecule has 3 rings (SSSR count). The minimum Gasteiger partial charge on any atom is -0.488 e. The molecule has 2 aromatic heterocycles. The number of nitrogens with zero attached hydrogens (tertiary/aromatic N) is 2. The number of benzene rings is 1. The number of unbranched alkanes of at least 4 members (excludes halogenated alkanes) is 5. The van der Waals surface area contributed by atoms with Gasteiger partial charge >= 0.3 is 0 Å². The Labute approximate surface area is 178 Å². The van der Waals surface area contributed by atoms with Gasteiger partial charge in [0.25, 0.3) is 0 Å². The van der Waals surface area contributed by atoms with E-state index in [4.69, 9.17) is 4.74 Å². The van der Waals surface area contributed by atoms with Gasteiger partial charge in [0.1, 0.15) is 5.69 Å². The SMILES string of the molecule is CCCCCCCCOc1c(F)cc(Nc2nc(-c3cccnc3)c(F)s2)cc1F. The molecule has 8 heteroatoms. The van der Waals surface area contributed by atoms with Crippen molar-refractivity contribution in [3.05, 3.63) is 53.4 Å². The third-order valence-electron chi connectivity index (χ3n) is 4.51. The number of nitrogens with one attached hydrogen (secondary N) is 1. The van der Waals surface area contributed by atoms with Crippen LogP contribution in [0.25, 0.3) is 11.3 Å². The molecule has 1 aromatic carbocycles. The molecule has 0 aliphatic heterocycles. The number of ether oxygens (including phenoxy) is 1. The van der Waals surface area contributed by atoms with Gasteiger partial charge in [-0.25, -0.2) is 13.8 Å². The summed E-state index contributed by atoms with van der Waals surface area (Å²) in [6, 6.07) is 5.59. The number of anilines is 2. The zero-order valence-electron chi connectivity index (χ0n) is 16.8. The number of hydrogen-bond donors (Lipinski definition) is 1. The predicted molar refractivity (Wildman–Crippen MR) is 114 cm³/mol. The Bertz CT molecular complexity index is 927. The van der Waals surface area contributed by atoms with Gasteiger partial charge in [-0.05, 0) is 18.6 Å². The highest BCUT2D eigenvalue weighted by atomic mass is 32.1. The van der Waals surface area contributed by atoms with E-state index in [1.165, 1.54) is 25.5 Å². The summed E-state index contributed by atoms with van der Waals surface area (Å²) in [5, 5.41) is 2.43. The molecular weight excluding hydrogens is 411 g/mol. The van der Waals surface area contributed by atoms with Gasteiger partial charge in [0, 0.05) is 35.8 Å². The Morgan fingerprint density at radius 1 is 1.03 bits per heavy atom. The first-order valence-corrected chi connectivity index (χ1v) is 10.9. The van der Waals surface area contributed by atoms with Crippen molar-refractivity contribution in [2.45, 2.75) is 45.4 Å². The zero-order chi connectivity index (χ0) is 21.3. The van der Waals surface area contributed by atoms with Gasteiger partial charge in [-0.15, -0.1) is 0 Å². The molecule has 0 atom stereocenters. The van der Waals surface area contributed by atoms with Crippen molar-refractivity contribution in [2.75, 3.05) is 11.9 Å². The third kappa shape index (κ3) is 5.95. The van der Waals surface area contributed by atoms with E-state index < -0.39 is 22.5 Å². The minimum absolute atomic E-state index is 0.128. The lowest BCUT2D eigenvalue weighted by Gasteiger charge is -2.10. The maximum Gasteiger partial charge on any atom is 0.206 e. The molecule has 0 aliphatic rings. The van der Waals surface area contributed by atoms with Gasteiger partial charge < -0.3 is 10.1 Å². The van der Waals surface area contributed by atoms with Crippen LogP contribution >= 0.6 is 11.3 Å². The Morgan fingerprint density at radius 2 is 1.77 bits per heavy atom. The minimum atomic E-state index is -0.812. The van der Waals surface area contributed by atoms with Crippen molar-refractivity contribution in [3.63, 3.8) is 0 Å². The van der Waals surface area contributed by atoms with E-state index in [1.54, 1.807) is 18.3 Å². The highest BCUT2D eigenvalue weighted by Gasteiger charge is 2.16. The van der Waals surface area contributed by atoms with E-state index in [9.17, 15) is 13.2 Å². The lowest BCUT2D eigenvalue weighted by Crippen LogP contribution is -2.03. The van der Waals surface area contributed by atoms with Crippen LogP contribution in [-0.2, 0) is 0 Å². The van der Waals surface area contributed by atoms with Crippen LogP contribution < -0.4 is 10.1 Å². The van der Waals surface area contributed by atoms with E-state index >= 15 is 0 Å². The maximum atomic E-state index is 14.3. The highest BCUT2D eigenvalue weighted by Crippen LogP contribution is 2.33. The van der Waals surface area contributed by atoms with Crippen LogP contribution in [0.3, 0.4) is 0 Å². The van der Waals surface area contributed by atoms with Gasteiger partial charge in [0.2, 0.25) is 5.13 Å². The molecule has 3 aromatic rings. The second-order valence-electron chi connectivity index (χ2n) is 6.89. The lowest BCUT2D eigenvalue weighted by atomic mass is 10.1. The molecule has 160 valence electrons. The summed E-state index contributed by atoms with van der Waals surface area (Å²) in [5.74, 6) is -2.02. The second-order valence-corrected chi connectivity index (χ2v) is 7.84. The van der Waals surface area contributed by atoms with Crippen LogP contribution in [0.4, 0.5) is 24.0 Å². The average Bonchev–Trinajstić information content (AvgIpc) is 3.09. The molecule has 0 saturated carbocycles. The fraction of sp³-hybridized carbons (Fsp3) is 0.364. The van der Waals surface area contributed by atoms with E-state index in [0.29, 0.717) is 5.56 Å². The molecule has 0 spiro atoms. The normalized spacial score (nSPS) is 10.9. The second kappa shape index (κ2) is 11.0. The van der Waals surface area contributed by atoms with Crippen LogP contribution in [0.5, 0.6) is 5.75 Å². The van der Waals surface area contributed by atoms with E-state index in [2.05, 4.69) is 22.2 Å². The van der Waals surface area contributed by atoms with Crippen LogP contribution in [0, 0.1) is 16.8 Å². The van der Waals surface area contributed by atoms with Crippen molar-refractivity contribution in [1.82, 2.24) is 9.97 Å². The van der Waals surface area contributed by atoms with E-state index in [0.717, 1.165) is 42.7 Å². The monoisotopic (exact) mass is 435 g/mol. The quantitative estimate of drug-likeness (QED) is 0.326. The lowest BCUT2D eigenvalue weighted by molar-refractivity contribution is 0.275. The summed E-state index contributed by atoms with van der Waals surface area (Å²) in [4.78, 5) is 8.11. The first kappa shape index (κ1) is 22.1. The van der Waals surface area contributed by atoms with Crippen LogP contribution in [-0.4, -0.2) is 16.6 Å². The number of pyridine rings is 1. The van der Waals surface area contributed by atoms with Gasteiger partial charge in [-0.2, -0.15) is 4.39 Å². The van der Waals surface area contributed by atoms with Crippen LogP contribution in [0.15, 0.2) is 36.7 Å². The molecule has 30 heavy (non-hydrogen) atoms. The molecule has 0 aliphatic carbocycles. The maximum absolute atomic E-state index is 14.3. The number of thiazole rings is 1. The Hall–Kier alpha value is -2.61. The van der Waals surface area contributed by atoms with Gasteiger partial charge in [0.15, 0.2) is 22.5 Å². The fourth-order valence-electron chi connectivity index (χ4n) is 2.99. The van der Waals surface area contributed by atoms with Crippen LogP contribution in [0.1, 0.15) is 45.4 Å². The molecule has 0 bridgehead atoms. The summed E-state index contributed by atoms with van der Waals surface area (Å²) in [6.07, 6.45) is 9.43. The molecule has 0 amide bonds. The van der Waals surface area contributed by atoms with Crippen molar-refractivity contribution in [3.8, 4) is 17.0 Å². The van der Waals surface area contributed by atoms with Crippen molar-refractivity contribution >= 4 is 22.2 Å². The number of rotatable bonds is 11. The molecule has 0 saturated heterocycles. The van der Waals surface area contributed by atoms with Crippen LogP contribution in [0.2, 0.25) is 0 Å². The molecule has 0 fully saturated rings.